The molecule has 0 unspecified atom stereocenters. The van der Waals surface area contributed by atoms with Crippen LogP contribution in [0.15, 0.2) is 0 Å². The molecule has 1 aliphatic rings. The van der Waals surface area contributed by atoms with Crippen LogP contribution in [0.1, 0.15) is 51.9 Å². The predicted molar refractivity (Wildman–Crippen MR) is 65.6 cm³/mol. The average Bonchev–Trinajstić information content (AvgIpc) is 3.07. The number of carbonyl (C=O) groups excluding carboxylic acids is 1. The smallest absolute Gasteiger partial charge is 0.307 e. The van der Waals surface area contributed by atoms with Crippen LogP contribution in [-0.4, -0.2) is 23.5 Å². The molecule has 17 heavy (non-hydrogen) atoms. The van der Waals surface area contributed by atoms with Gasteiger partial charge < -0.3 is 10.4 Å². The lowest BCUT2D eigenvalue weighted by molar-refractivity contribution is -0.140. The normalized spacial score (nSPS) is 22.2. The lowest BCUT2D eigenvalue weighted by Gasteiger charge is -2.04. The van der Waals surface area contributed by atoms with Crippen molar-refractivity contribution in [1.29, 1.82) is 0 Å². The summed E-state index contributed by atoms with van der Waals surface area (Å²) in [4.78, 5) is 22.1. The zero-order chi connectivity index (χ0) is 12.7. The Labute approximate surface area is 103 Å². The Morgan fingerprint density at radius 2 is 1.76 bits per heavy atom. The third kappa shape index (κ3) is 5.20. The van der Waals surface area contributed by atoms with Gasteiger partial charge >= 0.3 is 5.97 Å². The minimum atomic E-state index is -0.843. The Hall–Kier alpha value is -1.06. The van der Waals surface area contributed by atoms with Gasteiger partial charge in [-0.3, -0.25) is 9.59 Å². The van der Waals surface area contributed by atoms with E-state index in [1.807, 2.05) is 0 Å². The maximum atomic E-state index is 11.5. The van der Waals surface area contributed by atoms with Crippen LogP contribution in [-0.2, 0) is 9.59 Å². The van der Waals surface area contributed by atoms with Crippen molar-refractivity contribution in [3.05, 3.63) is 0 Å². The first-order valence-electron chi connectivity index (χ1n) is 6.67. The molecule has 1 aliphatic carbocycles. The van der Waals surface area contributed by atoms with E-state index in [2.05, 4.69) is 12.2 Å². The quantitative estimate of drug-likeness (QED) is 0.608. The third-order valence-corrected chi connectivity index (χ3v) is 3.27. The second-order valence-electron chi connectivity index (χ2n) is 4.85. The Morgan fingerprint density at radius 3 is 2.35 bits per heavy atom. The van der Waals surface area contributed by atoms with Gasteiger partial charge in [0.05, 0.1) is 11.8 Å². The molecule has 0 aromatic heterocycles. The molecular formula is C13H23NO3. The SMILES string of the molecule is CCCCCCCCNC(=O)[C@@H]1C[C@@H]1C(=O)O. The lowest BCUT2D eigenvalue weighted by Crippen LogP contribution is -2.27. The molecule has 1 rings (SSSR count). The molecule has 0 radical (unpaired) electrons. The summed E-state index contributed by atoms with van der Waals surface area (Å²) in [7, 11) is 0. The van der Waals surface area contributed by atoms with E-state index in [-0.39, 0.29) is 11.8 Å². The topological polar surface area (TPSA) is 66.4 Å². The van der Waals surface area contributed by atoms with Crippen LogP contribution in [0, 0.1) is 11.8 Å². The van der Waals surface area contributed by atoms with Crippen LogP contribution >= 0.6 is 0 Å². The summed E-state index contributed by atoms with van der Waals surface area (Å²) in [6.45, 7) is 2.88. The molecule has 4 nitrogen and oxygen atoms in total. The van der Waals surface area contributed by atoms with Crippen molar-refractivity contribution in [1.82, 2.24) is 5.32 Å². The zero-order valence-corrected chi connectivity index (χ0v) is 10.6. The van der Waals surface area contributed by atoms with E-state index in [1.165, 1.54) is 25.7 Å². The molecule has 0 bridgehead atoms. The predicted octanol–water partition coefficient (Wildman–Crippen LogP) is 2.18. The Kier molecular flexibility index (Phi) is 6.01. The van der Waals surface area contributed by atoms with Gasteiger partial charge in [-0.15, -0.1) is 0 Å². The van der Waals surface area contributed by atoms with E-state index in [0.717, 1.165) is 12.8 Å². The van der Waals surface area contributed by atoms with Gasteiger partial charge in [0.1, 0.15) is 0 Å². The number of carboxylic acid groups (broad SMARTS) is 1. The fourth-order valence-electron chi connectivity index (χ4n) is 2.01. The van der Waals surface area contributed by atoms with E-state index in [1.54, 1.807) is 0 Å². The molecule has 2 N–H and O–H groups in total. The molecule has 0 spiro atoms. The number of rotatable bonds is 9. The summed E-state index contributed by atoms with van der Waals surface area (Å²) in [5.41, 5.74) is 0. The highest BCUT2D eigenvalue weighted by molar-refractivity contribution is 5.89. The highest BCUT2D eigenvalue weighted by Gasteiger charge is 2.48. The fraction of sp³-hybridized carbons (Fsp3) is 0.846. The molecule has 1 fully saturated rings. The van der Waals surface area contributed by atoms with E-state index >= 15 is 0 Å². The van der Waals surface area contributed by atoms with E-state index in [9.17, 15) is 9.59 Å². The number of carboxylic acids is 1. The van der Waals surface area contributed by atoms with Crippen molar-refractivity contribution < 1.29 is 14.7 Å². The first kappa shape index (κ1) is 14.0. The molecule has 0 aliphatic heterocycles. The third-order valence-electron chi connectivity index (χ3n) is 3.27. The van der Waals surface area contributed by atoms with Crippen LogP contribution in [0.2, 0.25) is 0 Å². The Bertz CT molecular complexity index is 265. The highest BCUT2D eigenvalue weighted by atomic mass is 16.4. The van der Waals surface area contributed by atoms with Crippen LogP contribution in [0.5, 0.6) is 0 Å². The number of hydrogen-bond acceptors (Lipinski definition) is 2. The molecule has 0 saturated heterocycles. The summed E-state index contributed by atoms with van der Waals surface area (Å²) < 4.78 is 0. The monoisotopic (exact) mass is 241 g/mol. The first-order chi connectivity index (χ1) is 8.16. The van der Waals surface area contributed by atoms with Crippen molar-refractivity contribution in [3.8, 4) is 0 Å². The summed E-state index contributed by atoms with van der Waals surface area (Å²) in [5, 5.41) is 11.5. The first-order valence-corrected chi connectivity index (χ1v) is 6.67. The number of aliphatic carboxylic acids is 1. The number of amides is 1. The summed E-state index contributed by atoms with van der Waals surface area (Å²) >= 11 is 0. The number of nitrogens with one attached hydrogen (secondary N) is 1. The molecule has 98 valence electrons. The standard InChI is InChI=1S/C13H23NO3/c1-2-3-4-5-6-7-8-14-12(15)10-9-11(10)13(16)17/h10-11H,2-9H2,1H3,(H,14,15)(H,16,17)/t10-,11+/m1/s1. The maximum absolute atomic E-state index is 11.5. The average molecular weight is 241 g/mol. The highest BCUT2D eigenvalue weighted by Crippen LogP contribution is 2.38. The van der Waals surface area contributed by atoms with E-state index in [4.69, 9.17) is 5.11 Å². The van der Waals surface area contributed by atoms with Gasteiger partial charge in [0.2, 0.25) is 5.91 Å². The fourth-order valence-corrected chi connectivity index (χ4v) is 2.01. The van der Waals surface area contributed by atoms with Gasteiger partial charge in [-0.2, -0.15) is 0 Å². The van der Waals surface area contributed by atoms with Crippen molar-refractivity contribution in [3.63, 3.8) is 0 Å². The summed E-state index contributed by atoms with van der Waals surface area (Å²) in [5.74, 6) is -1.62. The molecule has 0 aromatic carbocycles. The number of carbonyl (C=O) groups is 2. The van der Waals surface area contributed by atoms with Crippen LogP contribution < -0.4 is 5.32 Å². The van der Waals surface area contributed by atoms with Gasteiger partial charge in [-0.25, -0.2) is 0 Å². The minimum Gasteiger partial charge on any atom is -0.481 e. The van der Waals surface area contributed by atoms with E-state index in [0.29, 0.717) is 13.0 Å². The van der Waals surface area contributed by atoms with Gasteiger partial charge in [-0.1, -0.05) is 39.0 Å². The molecular weight excluding hydrogens is 218 g/mol. The van der Waals surface area contributed by atoms with Crippen molar-refractivity contribution >= 4 is 11.9 Å². The molecule has 0 aromatic rings. The summed E-state index contributed by atoms with van der Waals surface area (Å²) in [6, 6.07) is 0. The zero-order valence-electron chi connectivity index (χ0n) is 10.6. The second kappa shape index (κ2) is 7.30. The van der Waals surface area contributed by atoms with Crippen molar-refractivity contribution in [2.75, 3.05) is 6.54 Å². The van der Waals surface area contributed by atoms with Gasteiger partial charge in [0, 0.05) is 6.54 Å². The van der Waals surface area contributed by atoms with Gasteiger partial charge in [0.25, 0.3) is 0 Å². The number of hydrogen-bond donors (Lipinski definition) is 2. The van der Waals surface area contributed by atoms with Crippen molar-refractivity contribution in [2.45, 2.75) is 51.9 Å². The number of unbranched alkanes of at least 4 members (excludes halogenated alkanes) is 5. The minimum absolute atomic E-state index is 0.0778. The molecule has 2 atom stereocenters. The van der Waals surface area contributed by atoms with Crippen LogP contribution in [0.25, 0.3) is 0 Å². The molecule has 1 amide bonds. The summed E-state index contributed by atoms with van der Waals surface area (Å²) in [6.07, 6.45) is 7.69. The Balaban J connectivity index is 1.93. The van der Waals surface area contributed by atoms with Gasteiger partial charge in [-0.05, 0) is 12.8 Å². The van der Waals surface area contributed by atoms with Crippen LogP contribution in [0.4, 0.5) is 0 Å². The van der Waals surface area contributed by atoms with Crippen LogP contribution in [0.3, 0.4) is 0 Å². The molecule has 0 heterocycles. The Morgan fingerprint density at radius 1 is 1.12 bits per heavy atom. The maximum Gasteiger partial charge on any atom is 0.307 e. The second-order valence-corrected chi connectivity index (χ2v) is 4.85. The molecule has 1 saturated carbocycles. The lowest BCUT2D eigenvalue weighted by atomic mass is 10.1. The largest absolute Gasteiger partial charge is 0.481 e. The van der Waals surface area contributed by atoms with Crippen molar-refractivity contribution in [2.24, 2.45) is 11.8 Å². The van der Waals surface area contributed by atoms with Gasteiger partial charge in [0.15, 0.2) is 0 Å². The van der Waals surface area contributed by atoms with E-state index < -0.39 is 11.9 Å². The molecule has 4 heteroatoms.